The number of carbonyl (C=O) groups is 2. The summed E-state index contributed by atoms with van der Waals surface area (Å²) in [5.74, 6) is 0.455. The number of benzene rings is 2. The van der Waals surface area contributed by atoms with E-state index in [1.54, 1.807) is 43.2 Å². The van der Waals surface area contributed by atoms with Crippen LogP contribution in [0.2, 0.25) is 0 Å². The highest BCUT2D eigenvalue weighted by Gasteiger charge is 2.23. The zero-order valence-electron chi connectivity index (χ0n) is 15.5. The van der Waals surface area contributed by atoms with E-state index in [9.17, 15) is 9.59 Å². The van der Waals surface area contributed by atoms with Crippen LogP contribution in [0.1, 0.15) is 18.1 Å². The summed E-state index contributed by atoms with van der Waals surface area (Å²) in [6, 6.07) is 15.0. The molecule has 27 heavy (non-hydrogen) atoms. The van der Waals surface area contributed by atoms with E-state index in [-0.39, 0.29) is 12.5 Å². The standard InChI is InChI=1S/C21H23NO5/c1-15(27-19-9-7-18(25-2)8-10-19)21(24)26-14-20(23)22-12-11-16-5-3-4-6-17(16)13-22/h3-10,15H,11-14H2,1-2H3. The van der Waals surface area contributed by atoms with Crippen LogP contribution in [0.25, 0.3) is 0 Å². The van der Waals surface area contributed by atoms with Crippen molar-refractivity contribution in [3.05, 3.63) is 59.7 Å². The van der Waals surface area contributed by atoms with Gasteiger partial charge in [0.15, 0.2) is 12.7 Å². The van der Waals surface area contributed by atoms with Crippen LogP contribution in [0.3, 0.4) is 0 Å². The zero-order chi connectivity index (χ0) is 19.2. The molecule has 2 aromatic rings. The zero-order valence-corrected chi connectivity index (χ0v) is 15.5. The molecule has 1 aliphatic rings. The van der Waals surface area contributed by atoms with Gasteiger partial charge < -0.3 is 19.1 Å². The largest absolute Gasteiger partial charge is 0.497 e. The third-order valence-electron chi connectivity index (χ3n) is 4.53. The van der Waals surface area contributed by atoms with Crippen LogP contribution in [0.5, 0.6) is 11.5 Å². The van der Waals surface area contributed by atoms with Gasteiger partial charge in [-0.1, -0.05) is 24.3 Å². The summed E-state index contributed by atoms with van der Waals surface area (Å²) in [5, 5.41) is 0. The SMILES string of the molecule is COc1ccc(OC(C)C(=O)OCC(=O)N2CCc3ccccc3C2)cc1. The second-order valence-corrected chi connectivity index (χ2v) is 6.38. The summed E-state index contributed by atoms with van der Waals surface area (Å²) >= 11 is 0. The molecule has 0 saturated heterocycles. The van der Waals surface area contributed by atoms with E-state index in [0.29, 0.717) is 24.6 Å². The highest BCUT2D eigenvalue weighted by molar-refractivity contribution is 5.82. The second kappa shape index (κ2) is 8.58. The fourth-order valence-electron chi connectivity index (χ4n) is 2.96. The van der Waals surface area contributed by atoms with Crippen molar-refractivity contribution in [1.29, 1.82) is 0 Å². The van der Waals surface area contributed by atoms with E-state index in [4.69, 9.17) is 14.2 Å². The topological polar surface area (TPSA) is 65.1 Å². The summed E-state index contributed by atoms with van der Waals surface area (Å²) in [7, 11) is 1.58. The molecule has 0 N–H and O–H groups in total. The Hall–Kier alpha value is -3.02. The first-order valence-corrected chi connectivity index (χ1v) is 8.88. The van der Waals surface area contributed by atoms with Crippen molar-refractivity contribution in [2.45, 2.75) is 26.0 Å². The Kier molecular flexibility index (Phi) is 5.96. The van der Waals surface area contributed by atoms with Crippen LogP contribution < -0.4 is 9.47 Å². The molecule has 1 amide bonds. The minimum atomic E-state index is -0.812. The maximum atomic E-state index is 12.4. The molecule has 0 aromatic heterocycles. The van der Waals surface area contributed by atoms with Crippen molar-refractivity contribution in [1.82, 2.24) is 4.90 Å². The summed E-state index contributed by atoms with van der Waals surface area (Å²) in [6.07, 6.45) is 0.000564. The molecule has 0 saturated carbocycles. The number of nitrogens with zero attached hydrogens (tertiary/aromatic N) is 1. The van der Waals surface area contributed by atoms with Crippen molar-refractivity contribution in [2.75, 3.05) is 20.3 Å². The fourth-order valence-corrected chi connectivity index (χ4v) is 2.96. The van der Waals surface area contributed by atoms with Gasteiger partial charge in [0.2, 0.25) is 0 Å². The van der Waals surface area contributed by atoms with Gasteiger partial charge in [0.05, 0.1) is 7.11 Å². The smallest absolute Gasteiger partial charge is 0.347 e. The Labute approximate surface area is 158 Å². The molecule has 0 radical (unpaired) electrons. The van der Waals surface area contributed by atoms with Crippen molar-refractivity contribution in [3.63, 3.8) is 0 Å². The number of hydrogen-bond donors (Lipinski definition) is 0. The summed E-state index contributed by atoms with van der Waals surface area (Å²) < 4.78 is 15.8. The fraction of sp³-hybridized carbons (Fsp3) is 0.333. The number of methoxy groups -OCH3 is 1. The lowest BCUT2D eigenvalue weighted by atomic mass is 10.00. The molecule has 1 heterocycles. The number of fused-ring (bicyclic) bond motifs is 1. The Morgan fingerprint density at radius 2 is 1.70 bits per heavy atom. The molecular weight excluding hydrogens is 346 g/mol. The van der Waals surface area contributed by atoms with Crippen LogP contribution in [0.4, 0.5) is 0 Å². The van der Waals surface area contributed by atoms with Crippen LogP contribution in [0.15, 0.2) is 48.5 Å². The lowest BCUT2D eigenvalue weighted by Gasteiger charge is -2.28. The Balaban J connectivity index is 1.47. The predicted molar refractivity (Wildman–Crippen MR) is 99.6 cm³/mol. The van der Waals surface area contributed by atoms with Gasteiger partial charge >= 0.3 is 5.97 Å². The van der Waals surface area contributed by atoms with Gasteiger partial charge in [-0.2, -0.15) is 0 Å². The average Bonchev–Trinajstić information content (AvgIpc) is 2.71. The molecule has 1 unspecified atom stereocenters. The van der Waals surface area contributed by atoms with E-state index in [2.05, 4.69) is 6.07 Å². The third kappa shape index (κ3) is 4.78. The molecule has 1 aliphatic heterocycles. The number of hydrogen-bond acceptors (Lipinski definition) is 5. The van der Waals surface area contributed by atoms with Gasteiger partial charge in [-0.25, -0.2) is 4.79 Å². The number of ether oxygens (including phenoxy) is 3. The van der Waals surface area contributed by atoms with E-state index in [0.717, 1.165) is 12.0 Å². The van der Waals surface area contributed by atoms with Gasteiger partial charge in [-0.3, -0.25) is 4.79 Å². The minimum Gasteiger partial charge on any atom is -0.497 e. The molecule has 2 aromatic carbocycles. The van der Waals surface area contributed by atoms with Gasteiger partial charge in [0.25, 0.3) is 5.91 Å². The minimum absolute atomic E-state index is 0.200. The lowest BCUT2D eigenvalue weighted by molar-refractivity contribution is -0.157. The first-order chi connectivity index (χ1) is 13.1. The number of amides is 1. The summed E-state index contributed by atoms with van der Waals surface area (Å²) in [4.78, 5) is 26.2. The van der Waals surface area contributed by atoms with E-state index in [1.807, 2.05) is 18.2 Å². The van der Waals surface area contributed by atoms with Gasteiger partial charge in [0.1, 0.15) is 11.5 Å². The monoisotopic (exact) mass is 369 g/mol. The van der Waals surface area contributed by atoms with E-state index < -0.39 is 12.1 Å². The first-order valence-electron chi connectivity index (χ1n) is 8.88. The molecule has 6 heteroatoms. The van der Waals surface area contributed by atoms with Crippen LogP contribution in [-0.4, -0.2) is 43.1 Å². The molecule has 6 nitrogen and oxygen atoms in total. The summed E-state index contributed by atoms with van der Waals surface area (Å²) in [6.45, 7) is 2.49. The quantitative estimate of drug-likeness (QED) is 0.733. The number of rotatable bonds is 6. The third-order valence-corrected chi connectivity index (χ3v) is 4.53. The molecule has 1 atom stereocenters. The average molecular weight is 369 g/mol. The lowest BCUT2D eigenvalue weighted by Crippen LogP contribution is -2.39. The molecule has 3 rings (SSSR count). The van der Waals surface area contributed by atoms with E-state index in [1.165, 1.54) is 5.56 Å². The van der Waals surface area contributed by atoms with Crippen LogP contribution in [0, 0.1) is 0 Å². The maximum absolute atomic E-state index is 12.4. The normalized spacial score (nSPS) is 14.1. The molecule has 0 fully saturated rings. The van der Waals surface area contributed by atoms with Crippen molar-refractivity contribution in [2.24, 2.45) is 0 Å². The van der Waals surface area contributed by atoms with Gasteiger partial charge in [-0.05, 0) is 48.7 Å². The molecular formula is C21H23NO5. The van der Waals surface area contributed by atoms with Crippen molar-refractivity contribution in [3.8, 4) is 11.5 Å². The molecule has 0 bridgehead atoms. The number of carbonyl (C=O) groups excluding carboxylic acids is 2. The Bertz CT molecular complexity index is 802. The van der Waals surface area contributed by atoms with Gasteiger partial charge in [-0.15, -0.1) is 0 Å². The Morgan fingerprint density at radius 3 is 2.41 bits per heavy atom. The van der Waals surface area contributed by atoms with Crippen molar-refractivity contribution < 1.29 is 23.8 Å². The highest BCUT2D eigenvalue weighted by atomic mass is 16.6. The van der Waals surface area contributed by atoms with Crippen LogP contribution in [-0.2, 0) is 27.3 Å². The molecule has 0 aliphatic carbocycles. The van der Waals surface area contributed by atoms with Crippen LogP contribution >= 0.6 is 0 Å². The van der Waals surface area contributed by atoms with Crippen molar-refractivity contribution >= 4 is 11.9 Å². The molecule has 0 spiro atoms. The highest BCUT2D eigenvalue weighted by Crippen LogP contribution is 2.19. The van der Waals surface area contributed by atoms with Gasteiger partial charge in [0, 0.05) is 13.1 Å². The predicted octanol–water partition coefficient (Wildman–Crippen LogP) is 2.59. The second-order valence-electron chi connectivity index (χ2n) is 6.38. The number of esters is 1. The Morgan fingerprint density at radius 1 is 1.04 bits per heavy atom. The first kappa shape index (κ1) is 18.8. The maximum Gasteiger partial charge on any atom is 0.347 e. The molecule has 142 valence electrons. The van der Waals surface area contributed by atoms with E-state index >= 15 is 0 Å². The summed E-state index contributed by atoms with van der Waals surface area (Å²) in [5.41, 5.74) is 2.40.